The molecule has 0 bridgehead atoms. The zero-order valence-corrected chi connectivity index (χ0v) is 13.8. The number of sulfonamides is 1. The number of rotatable bonds is 5. The molecule has 0 saturated carbocycles. The van der Waals surface area contributed by atoms with Crippen LogP contribution < -0.4 is 9.46 Å². The first-order valence-electron chi connectivity index (χ1n) is 7.02. The maximum atomic E-state index is 12.4. The minimum absolute atomic E-state index is 0.301. The van der Waals surface area contributed by atoms with Crippen LogP contribution in [-0.4, -0.2) is 14.8 Å². The molecule has 8 heteroatoms. The smallest absolute Gasteiger partial charge is 0.406 e. The third kappa shape index (κ3) is 4.72. The molecule has 1 N–H and O–H groups in total. The Morgan fingerprint density at radius 2 is 1.75 bits per heavy atom. The van der Waals surface area contributed by atoms with Crippen molar-refractivity contribution < 1.29 is 26.3 Å². The van der Waals surface area contributed by atoms with Crippen LogP contribution in [0.2, 0.25) is 0 Å². The zero-order chi connectivity index (χ0) is 18.0. The number of hydrogen-bond acceptors (Lipinski definition) is 3. The van der Waals surface area contributed by atoms with E-state index in [1.54, 1.807) is 19.1 Å². The highest BCUT2D eigenvalue weighted by Crippen LogP contribution is 2.26. The van der Waals surface area contributed by atoms with Gasteiger partial charge in [0, 0.05) is 12.1 Å². The highest BCUT2D eigenvalue weighted by Gasteiger charge is 2.31. The van der Waals surface area contributed by atoms with E-state index in [9.17, 15) is 21.6 Å². The van der Waals surface area contributed by atoms with E-state index in [0.29, 0.717) is 0 Å². The highest BCUT2D eigenvalue weighted by atomic mass is 32.2. The van der Waals surface area contributed by atoms with Crippen LogP contribution in [0.3, 0.4) is 0 Å². The lowest BCUT2D eigenvalue weighted by Gasteiger charge is -2.17. The number of ether oxygens (including phenoxy) is 1. The summed E-state index contributed by atoms with van der Waals surface area (Å²) in [5.74, 6) is -0.589. The summed E-state index contributed by atoms with van der Waals surface area (Å²) in [5, 5.41) is 0. The summed E-state index contributed by atoms with van der Waals surface area (Å²) in [6, 6.07) is 11.0. The first kappa shape index (κ1) is 18.3. The Balaban J connectivity index is 2.24. The normalized spacial score (nSPS) is 13.5. The van der Waals surface area contributed by atoms with Crippen molar-refractivity contribution in [1.82, 2.24) is 4.72 Å². The number of benzene rings is 2. The fourth-order valence-corrected chi connectivity index (χ4v) is 3.53. The van der Waals surface area contributed by atoms with Crippen LogP contribution in [0.15, 0.2) is 53.4 Å². The molecule has 0 aliphatic heterocycles. The van der Waals surface area contributed by atoms with Crippen LogP contribution in [0.1, 0.15) is 24.1 Å². The van der Waals surface area contributed by atoms with Crippen molar-refractivity contribution in [2.45, 2.75) is 31.1 Å². The molecule has 0 aliphatic rings. The van der Waals surface area contributed by atoms with Gasteiger partial charge >= 0.3 is 6.36 Å². The van der Waals surface area contributed by atoms with Crippen LogP contribution in [-0.2, 0) is 10.0 Å². The molecule has 0 aliphatic carbocycles. The van der Waals surface area contributed by atoms with Crippen molar-refractivity contribution in [2.24, 2.45) is 0 Å². The SMILES string of the molecule is Cc1ccccc1[C@H](C)NS(=O)(=O)c1cccc(OC(F)(F)F)c1. The van der Waals surface area contributed by atoms with Gasteiger partial charge in [-0.3, -0.25) is 0 Å². The lowest BCUT2D eigenvalue weighted by molar-refractivity contribution is -0.274. The Hall–Kier alpha value is -2.06. The van der Waals surface area contributed by atoms with Crippen LogP contribution in [0.4, 0.5) is 13.2 Å². The average molecular weight is 359 g/mol. The summed E-state index contributed by atoms with van der Waals surface area (Å²) in [6.45, 7) is 3.51. The van der Waals surface area contributed by atoms with E-state index >= 15 is 0 Å². The van der Waals surface area contributed by atoms with Crippen molar-refractivity contribution in [3.63, 3.8) is 0 Å². The molecule has 1 atom stereocenters. The predicted molar refractivity (Wildman–Crippen MR) is 83.0 cm³/mol. The van der Waals surface area contributed by atoms with Gasteiger partial charge in [-0.2, -0.15) is 0 Å². The average Bonchev–Trinajstić information content (AvgIpc) is 2.45. The van der Waals surface area contributed by atoms with Gasteiger partial charge < -0.3 is 4.74 Å². The first-order chi connectivity index (χ1) is 11.1. The Labute approximate surface area is 138 Å². The molecule has 0 amide bonds. The maximum absolute atomic E-state index is 12.4. The van der Waals surface area contributed by atoms with Crippen molar-refractivity contribution in [1.29, 1.82) is 0 Å². The predicted octanol–water partition coefficient (Wildman–Crippen LogP) is 3.93. The summed E-state index contributed by atoms with van der Waals surface area (Å²) in [7, 11) is -4.00. The molecule has 0 aromatic heterocycles. The third-order valence-electron chi connectivity index (χ3n) is 3.34. The lowest BCUT2D eigenvalue weighted by atomic mass is 10.0. The number of alkyl halides is 3. The second-order valence-corrected chi connectivity index (χ2v) is 6.94. The Kier molecular flexibility index (Phi) is 5.19. The van der Waals surface area contributed by atoms with Crippen LogP contribution in [0.25, 0.3) is 0 Å². The van der Waals surface area contributed by atoms with Crippen molar-refractivity contribution in [3.8, 4) is 5.75 Å². The molecular weight excluding hydrogens is 343 g/mol. The first-order valence-corrected chi connectivity index (χ1v) is 8.50. The molecular formula is C16H16F3NO3S. The topological polar surface area (TPSA) is 55.4 Å². The molecule has 4 nitrogen and oxygen atoms in total. The number of aryl methyl sites for hydroxylation is 1. The standard InChI is InChI=1S/C16H16F3NO3S/c1-11-6-3-4-9-15(11)12(2)20-24(21,22)14-8-5-7-13(10-14)23-16(17,18)19/h3-10,12,20H,1-2H3/t12-/m0/s1. The van der Waals surface area contributed by atoms with Gasteiger partial charge in [0.25, 0.3) is 0 Å². The van der Waals surface area contributed by atoms with Crippen LogP contribution in [0, 0.1) is 6.92 Å². The quantitative estimate of drug-likeness (QED) is 0.880. The molecule has 0 unspecified atom stereocenters. The molecule has 2 aromatic rings. The second-order valence-electron chi connectivity index (χ2n) is 5.22. The van der Waals surface area contributed by atoms with E-state index in [0.717, 1.165) is 23.3 Å². The fourth-order valence-electron chi connectivity index (χ4n) is 2.28. The molecule has 2 aromatic carbocycles. The van der Waals surface area contributed by atoms with Gasteiger partial charge in [-0.25, -0.2) is 13.1 Å². The minimum Gasteiger partial charge on any atom is -0.406 e. The molecule has 0 spiro atoms. The molecule has 2 rings (SSSR count). The summed E-state index contributed by atoms with van der Waals surface area (Å²) in [4.78, 5) is -0.301. The zero-order valence-electron chi connectivity index (χ0n) is 13.0. The van der Waals surface area contributed by atoms with E-state index in [1.807, 2.05) is 19.1 Å². The molecule has 0 heterocycles. The number of hydrogen-bond donors (Lipinski definition) is 1. The monoisotopic (exact) mass is 359 g/mol. The molecule has 0 radical (unpaired) electrons. The van der Waals surface area contributed by atoms with Crippen molar-refractivity contribution in [3.05, 3.63) is 59.7 Å². The summed E-state index contributed by atoms with van der Waals surface area (Å²) >= 11 is 0. The number of halogens is 3. The molecule has 130 valence electrons. The third-order valence-corrected chi connectivity index (χ3v) is 4.87. The van der Waals surface area contributed by atoms with Crippen molar-refractivity contribution >= 4 is 10.0 Å². The van der Waals surface area contributed by atoms with E-state index in [-0.39, 0.29) is 4.90 Å². The van der Waals surface area contributed by atoms with Gasteiger partial charge in [-0.15, -0.1) is 13.2 Å². The summed E-state index contributed by atoms with van der Waals surface area (Å²) in [6.07, 6.45) is -4.88. The Morgan fingerprint density at radius 1 is 1.08 bits per heavy atom. The Morgan fingerprint density at radius 3 is 2.38 bits per heavy atom. The van der Waals surface area contributed by atoms with E-state index < -0.39 is 28.2 Å². The number of nitrogens with one attached hydrogen (secondary N) is 1. The largest absolute Gasteiger partial charge is 0.573 e. The van der Waals surface area contributed by atoms with Crippen LogP contribution in [0.5, 0.6) is 5.75 Å². The maximum Gasteiger partial charge on any atom is 0.573 e. The Bertz CT molecular complexity index is 819. The van der Waals surface area contributed by atoms with Gasteiger partial charge in [0.1, 0.15) is 5.75 Å². The van der Waals surface area contributed by atoms with Crippen molar-refractivity contribution in [2.75, 3.05) is 0 Å². The molecule has 0 saturated heterocycles. The van der Waals surface area contributed by atoms with Gasteiger partial charge in [-0.05, 0) is 37.1 Å². The van der Waals surface area contributed by atoms with Crippen LogP contribution >= 0.6 is 0 Å². The second kappa shape index (κ2) is 6.82. The minimum atomic E-state index is -4.88. The fraction of sp³-hybridized carbons (Fsp3) is 0.250. The van der Waals surface area contributed by atoms with E-state index in [1.165, 1.54) is 12.1 Å². The lowest BCUT2D eigenvalue weighted by Crippen LogP contribution is -2.27. The molecule has 24 heavy (non-hydrogen) atoms. The van der Waals surface area contributed by atoms with Gasteiger partial charge in [0.15, 0.2) is 0 Å². The van der Waals surface area contributed by atoms with Gasteiger partial charge in [0.05, 0.1) is 4.90 Å². The summed E-state index contributed by atoms with van der Waals surface area (Å²) < 4.78 is 67.8. The van der Waals surface area contributed by atoms with E-state index in [4.69, 9.17) is 0 Å². The van der Waals surface area contributed by atoms with Gasteiger partial charge in [-0.1, -0.05) is 30.3 Å². The van der Waals surface area contributed by atoms with E-state index in [2.05, 4.69) is 9.46 Å². The highest BCUT2D eigenvalue weighted by molar-refractivity contribution is 7.89. The van der Waals surface area contributed by atoms with Gasteiger partial charge in [0.2, 0.25) is 10.0 Å². The summed E-state index contributed by atoms with van der Waals surface area (Å²) in [5.41, 5.74) is 1.69. The molecule has 0 fully saturated rings.